The van der Waals surface area contributed by atoms with Gasteiger partial charge in [-0.05, 0) is 28.9 Å². The summed E-state index contributed by atoms with van der Waals surface area (Å²) in [5.74, 6) is 0.220. The summed E-state index contributed by atoms with van der Waals surface area (Å²) in [5.41, 5.74) is 0. The molecule has 0 amide bonds. The van der Waals surface area contributed by atoms with Crippen molar-refractivity contribution in [2.45, 2.75) is 13.3 Å². The van der Waals surface area contributed by atoms with Crippen molar-refractivity contribution in [2.75, 3.05) is 11.9 Å². The van der Waals surface area contributed by atoms with Crippen LogP contribution in [0.5, 0.6) is 0 Å². The van der Waals surface area contributed by atoms with Crippen molar-refractivity contribution in [1.29, 1.82) is 0 Å². The van der Waals surface area contributed by atoms with Crippen molar-refractivity contribution in [3.63, 3.8) is 0 Å². The van der Waals surface area contributed by atoms with E-state index >= 15 is 0 Å². The molecule has 12 heavy (non-hydrogen) atoms. The monoisotopic (exact) mass is 247 g/mol. The summed E-state index contributed by atoms with van der Waals surface area (Å²) in [6, 6.07) is 2.00. The van der Waals surface area contributed by atoms with Crippen molar-refractivity contribution in [1.82, 2.24) is 0 Å². The average Bonchev–Trinajstić information content (AvgIpc) is 2.35. The van der Waals surface area contributed by atoms with Crippen LogP contribution in [0.15, 0.2) is 15.9 Å². The van der Waals surface area contributed by atoms with Crippen molar-refractivity contribution in [3.05, 3.63) is 15.9 Å². The van der Waals surface area contributed by atoms with Crippen molar-refractivity contribution in [3.8, 4) is 0 Å². The van der Waals surface area contributed by atoms with E-state index in [-0.39, 0.29) is 5.78 Å². The van der Waals surface area contributed by atoms with Gasteiger partial charge in [0.15, 0.2) is 0 Å². The number of thiophene rings is 1. The Hall–Kier alpha value is -0.350. The normalized spacial score (nSPS) is 9.83. The third-order valence-electron chi connectivity index (χ3n) is 1.34. The predicted molar refractivity (Wildman–Crippen MR) is 55.8 cm³/mol. The zero-order valence-electron chi connectivity index (χ0n) is 6.76. The van der Waals surface area contributed by atoms with Gasteiger partial charge in [-0.25, -0.2) is 0 Å². The van der Waals surface area contributed by atoms with Crippen molar-refractivity contribution >= 4 is 38.1 Å². The van der Waals surface area contributed by atoms with E-state index in [9.17, 15) is 4.79 Å². The average molecular weight is 248 g/mol. The molecule has 0 aliphatic heterocycles. The van der Waals surface area contributed by atoms with E-state index in [1.807, 2.05) is 11.4 Å². The molecule has 66 valence electrons. The zero-order valence-corrected chi connectivity index (χ0v) is 9.17. The highest BCUT2D eigenvalue weighted by molar-refractivity contribution is 9.10. The second-order valence-corrected chi connectivity index (χ2v) is 4.33. The topological polar surface area (TPSA) is 29.1 Å². The molecule has 0 aromatic carbocycles. The van der Waals surface area contributed by atoms with Gasteiger partial charge in [0.25, 0.3) is 0 Å². The number of carbonyl (C=O) groups excluding carboxylic acids is 1. The fraction of sp³-hybridized carbons (Fsp3) is 0.375. The van der Waals surface area contributed by atoms with Crippen LogP contribution in [-0.4, -0.2) is 12.3 Å². The molecule has 1 heterocycles. The largest absolute Gasteiger partial charge is 0.376 e. The first kappa shape index (κ1) is 9.74. The maximum atomic E-state index is 10.6. The third-order valence-corrected chi connectivity index (χ3v) is 2.99. The van der Waals surface area contributed by atoms with Gasteiger partial charge in [0.2, 0.25) is 0 Å². The lowest BCUT2D eigenvalue weighted by molar-refractivity contribution is -0.116. The Morgan fingerprint density at radius 2 is 2.50 bits per heavy atom. The highest BCUT2D eigenvalue weighted by Crippen LogP contribution is 2.24. The number of carbonyl (C=O) groups is 1. The minimum atomic E-state index is 0.220. The highest BCUT2D eigenvalue weighted by atomic mass is 79.9. The summed E-state index contributed by atoms with van der Waals surface area (Å²) in [6.45, 7) is 2.33. The van der Waals surface area contributed by atoms with Crippen LogP contribution in [0.3, 0.4) is 0 Å². The van der Waals surface area contributed by atoms with Gasteiger partial charge >= 0.3 is 0 Å². The number of nitrogens with one attached hydrogen (secondary N) is 1. The standard InChI is InChI=1S/C8H10BrNOS/c1-6(11)2-3-10-8-4-7(9)5-12-8/h4-5,10H,2-3H2,1H3. The molecule has 0 fully saturated rings. The fourth-order valence-corrected chi connectivity index (χ4v) is 2.12. The van der Waals surface area contributed by atoms with Gasteiger partial charge in [0, 0.05) is 22.8 Å². The van der Waals surface area contributed by atoms with Crippen LogP contribution in [0.1, 0.15) is 13.3 Å². The van der Waals surface area contributed by atoms with Crippen molar-refractivity contribution < 1.29 is 4.79 Å². The lowest BCUT2D eigenvalue weighted by atomic mass is 10.3. The molecule has 0 aliphatic rings. The van der Waals surface area contributed by atoms with E-state index in [2.05, 4.69) is 21.2 Å². The van der Waals surface area contributed by atoms with Crippen LogP contribution in [0.2, 0.25) is 0 Å². The van der Waals surface area contributed by atoms with Gasteiger partial charge in [0.1, 0.15) is 5.78 Å². The summed E-state index contributed by atoms with van der Waals surface area (Å²) in [5, 5.41) is 6.27. The number of ketones is 1. The zero-order chi connectivity index (χ0) is 8.97. The number of Topliss-reactive ketones (excluding diaryl/α,β-unsaturated/α-hetero) is 1. The number of hydrogen-bond donors (Lipinski definition) is 1. The Bertz CT molecular complexity index is 272. The molecule has 0 atom stereocenters. The molecule has 0 bridgehead atoms. The second-order valence-electron chi connectivity index (χ2n) is 2.51. The Labute approximate surface area is 84.1 Å². The van der Waals surface area contributed by atoms with Gasteiger partial charge in [-0.1, -0.05) is 0 Å². The summed E-state index contributed by atoms with van der Waals surface area (Å²) in [4.78, 5) is 10.6. The molecule has 0 unspecified atom stereocenters. The maximum absolute atomic E-state index is 10.6. The third kappa shape index (κ3) is 3.36. The molecule has 1 aromatic heterocycles. The molecule has 4 heteroatoms. The lowest BCUT2D eigenvalue weighted by Gasteiger charge is -1.99. The molecular formula is C8H10BrNOS. The van der Waals surface area contributed by atoms with E-state index < -0.39 is 0 Å². The first-order valence-electron chi connectivity index (χ1n) is 3.66. The number of halogens is 1. The first-order chi connectivity index (χ1) is 5.68. The number of rotatable bonds is 4. The lowest BCUT2D eigenvalue weighted by Crippen LogP contribution is -2.04. The molecule has 0 saturated heterocycles. The molecular weight excluding hydrogens is 238 g/mol. The van der Waals surface area contributed by atoms with Crippen LogP contribution in [0.4, 0.5) is 5.00 Å². The smallest absolute Gasteiger partial charge is 0.131 e. The number of hydrogen-bond acceptors (Lipinski definition) is 3. The molecule has 0 radical (unpaired) electrons. The Morgan fingerprint density at radius 3 is 3.00 bits per heavy atom. The molecule has 1 aromatic rings. The van der Waals surface area contributed by atoms with Crippen LogP contribution in [0.25, 0.3) is 0 Å². The van der Waals surface area contributed by atoms with Gasteiger partial charge in [-0.2, -0.15) is 0 Å². The quantitative estimate of drug-likeness (QED) is 0.887. The molecule has 1 rings (SSSR count). The molecule has 1 N–H and O–H groups in total. The van der Waals surface area contributed by atoms with E-state index in [0.717, 1.165) is 16.0 Å². The van der Waals surface area contributed by atoms with E-state index in [4.69, 9.17) is 0 Å². The van der Waals surface area contributed by atoms with Crippen molar-refractivity contribution in [2.24, 2.45) is 0 Å². The minimum absolute atomic E-state index is 0.220. The minimum Gasteiger partial charge on any atom is -0.376 e. The van der Waals surface area contributed by atoms with Gasteiger partial charge in [0.05, 0.1) is 5.00 Å². The highest BCUT2D eigenvalue weighted by Gasteiger charge is 1.96. The summed E-state index contributed by atoms with van der Waals surface area (Å²) < 4.78 is 1.08. The first-order valence-corrected chi connectivity index (χ1v) is 5.33. The second kappa shape index (κ2) is 4.62. The molecule has 0 spiro atoms. The van der Waals surface area contributed by atoms with Gasteiger partial charge < -0.3 is 5.32 Å². The van der Waals surface area contributed by atoms with E-state index in [1.54, 1.807) is 18.3 Å². The molecule has 0 saturated carbocycles. The van der Waals surface area contributed by atoms with Crippen LogP contribution in [-0.2, 0) is 4.79 Å². The summed E-state index contributed by atoms with van der Waals surface area (Å²) >= 11 is 4.99. The van der Waals surface area contributed by atoms with Gasteiger partial charge in [-0.3, -0.25) is 4.79 Å². The summed E-state index contributed by atoms with van der Waals surface area (Å²) in [7, 11) is 0. The Balaban J connectivity index is 2.29. The Kier molecular flexibility index (Phi) is 3.75. The van der Waals surface area contributed by atoms with E-state index in [1.165, 1.54) is 0 Å². The van der Waals surface area contributed by atoms with Crippen LogP contribution < -0.4 is 5.32 Å². The molecule has 2 nitrogen and oxygen atoms in total. The SMILES string of the molecule is CC(=O)CCNc1cc(Br)cs1. The van der Waals surface area contributed by atoms with E-state index in [0.29, 0.717) is 6.42 Å². The fourth-order valence-electron chi connectivity index (χ4n) is 0.767. The van der Waals surface area contributed by atoms with Gasteiger partial charge in [-0.15, -0.1) is 11.3 Å². The summed E-state index contributed by atoms with van der Waals surface area (Å²) in [6.07, 6.45) is 0.593. The maximum Gasteiger partial charge on any atom is 0.131 e. The van der Waals surface area contributed by atoms with Crippen LogP contribution in [0, 0.1) is 0 Å². The van der Waals surface area contributed by atoms with Crippen LogP contribution >= 0.6 is 27.3 Å². The molecule has 0 aliphatic carbocycles. The predicted octanol–water partition coefficient (Wildman–Crippen LogP) is 2.90. The number of anilines is 1. The Morgan fingerprint density at radius 1 is 1.75 bits per heavy atom.